The summed E-state index contributed by atoms with van der Waals surface area (Å²) in [5.74, 6) is 0.317. The number of amides is 1. The van der Waals surface area contributed by atoms with Crippen molar-refractivity contribution in [2.24, 2.45) is 0 Å². The Kier molecular flexibility index (Phi) is 6.44. The molecule has 0 aliphatic carbocycles. The molecule has 4 nitrogen and oxygen atoms in total. The number of hydrogen-bond donors (Lipinski definition) is 1. The van der Waals surface area contributed by atoms with E-state index in [0.717, 1.165) is 32.8 Å². The first kappa shape index (κ1) is 19.9. The van der Waals surface area contributed by atoms with Gasteiger partial charge >= 0.3 is 0 Å². The molecule has 4 rings (SSSR count). The number of nitrogens with one attached hydrogen (secondary N) is 1. The SMILES string of the molecule is O=C(CSc1ncnc2scc(-c3ccc(Cl)cc3)c12)NCCc1ccccc1. The highest BCUT2D eigenvalue weighted by Crippen LogP contribution is 2.38. The van der Waals surface area contributed by atoms with Gasteiger partial charge in [0.2, 0.25) is 5.91 Å². The van der Waals surface area contributed by atoms with Crippen LogP contribution in [0.15, 0.2) is 71.3 Å². The third-order valence-electron chi connectivity index (χ3n) is 4.41. The third-order valence-corrected chi connectivity index (χ3v) is 6.54. The first-order chi connectivity index (χ1) is 14.2. The Hall–Kier alpha value is -2.41. The molecule has 0 radical (unpaired) electrons. The summed E-state index contributed by atoms with van der Waals surface area (Å²) in [5, 5.41) is 7.56. The van der Waals surface area contributed by atoms with Gasteiger partial charge in [-0.15, -0.1) is 11.3 Å². The molecule has 146 valence electrons. The number of carbonyl (C=O) groups excluding carboxylic acids is 1. The van der Waals surface area contributed by atoms with Crippen molar-refractivity contribution in [1.29, 1.82) is 0 Å². The van der Waals surface area contributed by atoms with Gasteiger partial charge in [-0.1, -0.05) is 65.8 Å². The Morgan fingerprint density at radius 3 is 2.66 bits per heavy atom. The number of rotatable bonds is 7. The molecule has 2 aromatic carbocycles. The summed E-state index contributed by atoms with van der Waals surface area (Å²) in [6.07, 6.45) is 2.38. The van der Waals surface area contributed by atoms with E-state index in [1.54, 1.807) is 17.7 Å². The van der Waals surface area contributed by atoms with Crippen LogP contribution in [0.25, 0.3) is 21.3 Å². The number of carbonyl (C=O) groups is 1. The van der Waals surface area contributed by atoms with E-state index in [1.165, 1.54) is 17.3 Å². The molecule has 0 saturated heterocycles. The van der Waals surface area contributed by atoms with Crippen LogP contribution in [0.3, 0.4) is 0 Å². The number of thiophene rings is 1. The molecule has 1 N–H and O–H groups in total. The summed E-state index contributed by atoms with van der Waals surface area (Å²) < 4.78 is 0. The molecule has 0 fully saturated rings. The largest absolute Gasteiger partial charge is 0.355 e. The molecule has 0 bridgehead atoms. The molecular formula is C22H18ClN3OS2. The zero-order chi connectivity index (χ0) is 20.1. The average Bonchev–Trinajstić information content (AvgIpc) is 3.18. The predicted octanol–water partition coefficient (Wildman–Crippen LogP) is 5.46. The molecule has 29 heavy (non-hydrogen) atoms. The molecule has 2 aromatic heterocycles. The van der Waals surface area contributed by atoms with Crippen LogP contribution in [-0.4, -0.2) is 28.2 Å². The zero-order valence-electron chi connectivity index (χ0n) is 15.5. The predicted molar refractivity (Wildman–Crippen MR) is 122 cm³/mol. The summed E-state index contributed by atoms with van der Waals surface area (Å²) in [5.41, 5.74) is 3.34. The number of thioether (sulfide) groups is 1. The van der Waals surface area contributed by atoms with Crippen molar-refractivity contribution in [2.75, 3.05) is 12.3 Å². The first-order valence-electron chi connectivity index (χ1n) is 9.12. The van der Waals surface area contributed by atoms with Crippen LogP contribution in [0.4, 0.5) is 0 Å². The second-order valence-corrected chi connectivity index (χ2v) is 8.65. The normalized spacial score (nSPS) is 10.9. The summed E-state index contributed by atoms with van der Waals surface area (Å²) in [6, 6.07) is 17.8. The minimum atomic E-state index is 0.000894. The van der Waals surface area contributed by atoms with Crippen LogP contribution in [0.2, 0.25) is 5.02 Å². The van der Waals surface area contributed by atoms with Crippen LogP contribution in [0.1, 0.15) is 5.56 Å². The Morgan fingerprint density at radius 2 is 1.86 bits per heavy atom. The van der Waals surface area contributed by atoms with Crippen LogP contribution in [-0.2, 0) is 11.2 Å². The Bertz CT molecular complexity index is 1110. The summed E-state index contributed by atoms with van der Waals surface area (Å²) in [7, 11) is 0. The van der Waals surface area contributed by atoms with E-state index in [-0.39, 0.29) is 5.91 Å². The standard InChI is InChI=1S/C22H18ClN3OS2/c23-17-8-6-16(7-9-17)18-12-28-21-20(18)22(26-14-25-21)29-13-19(27)24-11-10-15-4-2-1-3-5-15/h1-9,12,14H,10-11,13H2,(H,24,27). The molecule has 0 aliphatic rings. The number of nitrogens with zero attached hydrogens (tertiary/aromatic N) is 2. The van der Waals surface area contributed by atoms with Gasteiger partial charge in [-0.3, -0.25) is 4.79 Å². The monoisotopic (exact) mass is 439 g/mol. The van der Waals surface area contributed by atoms with Crippen molar-refractivity contribution >= 4 is 50.8 Å². The topological polar surface area (TPSA) is 54.9 Å². The van der Waals surface area contributed by atoms with Crippen molar-refractivity contribution in [3.05, 3.63) is 76.9 Å². The van der Waals surface area contributed by atoms with E-state index >= 15 is 0 Å². The van der Waals surface area contributed by atoms with Gasteiger partial charge in [0.05, 0.1) is 11.1 Å². The highest BCUT2D eigenvalue weighted by molar-refractivity contribution is 8.00. The number of aromatic nitrogens is 2. The van der Waals surface area contributed by atoms with E-state index in [4.69, 9.17) is 11.6 Å². The molecule has 0 spiro atoms. The highest BCUT2D eigenvalue weighted by Gasteiger charge is 2.14. The van der Waals surface area contributed by atoms with Gasteiger partial charge in [-0.05, 0) is 29.7 Å². The van der Waals surface area contributed by atoms with Gasteiger partial charge in [0.15, 0.2) is 0 Å². The fourth-order valence-corrected chi connectivity index (χ4v) is 4.92. The van der Waals surface area contributed by atoms with E-state index in [0.29, 0.717) is 17.3 Å². The molecule has 0 saturated carbocycles. The lowest BCUT2D eigenvalue weighted by Gasteiger charge is -2.07. The van der Waals surface area contributed by atoms with E-state index in [2.05, 4.69) is 32.8 Å². The van der Waals surface area contributed by atoms with E-state index in [9.17, 15) is 4.79 Å². The number of halogens is 1. The van der Waals surface area contributed by atoms with Gasteiger partial charge in [0, 0.05) is 22.5 Å². The second-order valence-electron chi connectivity index (χ2n) is 6.39. The minimum Gasteiger partial charge on any atom is -0.355 e. The van der Waals surface area contributed by atoms with Crippen LogP contribution < -0.4 is 5.32 Å². The molecule has 0 unspecified atom stereocenters. The smallest absolute Gasteiger partial charge is 0.230 e. The molecule has 1 amide bonds. The van der Waals surface area contributed by atoms with Crippen LogP contribution in [0, 0.1) is 0 Å². The lowest BCUT2D eigenvalue weighted by molar-refractivity contribution is -0.118. The number of hydrogen-bond acceptors (Lipinski definition) is 5. The summed E-state index contributed by atoms with van der Waals surface area (Å²) >= 11 is 9.03. The van der Waals surface area contributed by atoms with Crippen molar-refractivity contribution in [2.45, 2.75) is 11.4 Å². The van der Waals surface area contributed by atoms with Gasteiger partial charge in [0.25, 0.3) is 0 Å². The maximum absolute atomic E-state index is 12.3. The van der Waals surface area contributed by atoms with Gasteiger partial charge in [0.1, 0.15) is 16.2 Å². The molecule has 7 heteroatoms. The second kappa shape index (κ2) is 9.39. The lowest BCUT2D eigenvalue weighted by Crippen LogP contribution is -2.27. The van der Waals surface area contributed by atoms with Crippen molar-refractivity contribution in [3.63, 3.8) is 0 Å². The van der Waals surface area contributed by atoms with Crippen molar-refractivity contribution in [1.82, 2.24) is 15.3 Å². The third kappa shape index (κ3) is 4.96. The zero-order valence-corrected chi connectivity index (χ0v) is 17.9. The molecule has 2 heterocycles. The van der Waals surface area contributed by atoms with E-state index < -0.39 is 0 Å². The Morgan fingerprint density at radius 1 is 1.07 bits per heavy atom. The fourth-order valence-electron chi connectivity index (χ4n) is 2.97. The average molecular weight is 440 g/mol. The lowest BCUT2D eigenvalue weighted by atomic mass is 10.1. The van der Waals surface area contributed by atoms with Crippen molar-refractivity contribution < 1.29 is 4.79 Å². The first-order valence-corrected chi connectivity index (χ1v) is 11.4. The van der Waals surface area contributed by atoms with Crippen LogP contribution in [0.5, 0.6) is 0 Å². The summed E-state index contributed by atoms with van der Waals surface area (Å²) in [6.45, 7) is 0.622. The van der Waals surface area contributed by atoms with Crippen LogP contribution >= 0.6 is 34.7 Å². The quantitative estimate of drug-likeness (QED) is 0.306. The van der Waals surface area contributed by atoms with Crippen molar-refractivity contribution in [3.8, 4) is 11.1 Å². The highest BCUT2D eigenvalue weighted by atomic mass is 35.5. The van der Waals surface area contributed by atoms with Gasteiger partial charge in [-0.2, -0.15) is 0 Å². The maximum atomic E-state index is 12.3. The maximum Gasteiger partial charge on any atom is 0.230 e. The van der Waals surface area contributed by atoms with Gasteiger partial charge in [-0.25, -0.2) is 9.97 Å². The fraction of sp³-hybridized carbons (Fsp3) is 0.136. The number of fused-ring (bicyclic) bond motifs is 1. The van der Waals surface area contributed by atoms with E-state index in [1.807, 2.05) is 42.5 Å². The Balaban J connectivity index is 1.43. The molecule has 0 aliphatic heterocycles. The van der Waals surface area contributed by atoms with Gasteiger partial charge < -0.3 is 5.32 Å². The number of benzene rings is 2. The minimum absolute atomic E-state index is 0.000894. The Labute approximate surface area is 182 Å². The molecule has 4 aromatic rings. The summed E-state index contributed by atoms with van der Waals surface area (Å²) in [4.78, 5) is 22.0. The molecular weight excluding hydrogens is 422 g/mol. The molecule has 0 atom stereocenters.